The van der Waals surface area contributed by atoms with E-state index in [-0.39, 0.29) is 6.03 Å². The molecule has 22 heavy (non-hydrogen) atoms. The summed E-state index contributed by atoms with van der Waals surface area (Å²) in [5, 5.41) is 6.11. The van der Waals surface area contributed by atoms with Crippen LogP contribution in [0.1, 0.15) is 31.2 Å². The first-order valence-electron chi connectivity index (χ1n) is 7.92. The number of nitrogens with zero attached hydrogens (tertiary/aromatic N) is 2. The second kappa shape index (κ2) is 6.68. The van der Waals surface area contributed by atoms with Gasteiger partial charge in [0, 0.05) is 24.8 Å². The summed E-state index contributed by atoms with van der Waals surface area (Å²) in [4.78, 5) is 18.3. The predicted octanol–water partition coefficient (Wildman–Crippen LogP) is 1.88. The van der Waals surface area contributed by atoms with Crippen molar-refractivity contribution in [1.29, 1.82) is 0 Å². The van der Waals surface area contributed by atoms with E-state index in [2.05, 4.69) is 15.6 Å². The number of aliphatic imine (C=N–C) groups is 1. The van der Waals surface area contributed by atoms with E-state index < -0.39 is 0 Å². The number of likely N-dealkylation sites (tertiary alicyclic amines) is 1. The number of urea groups is 1. The van der Waals surface area contributed by atoms with Gasteiger partial charge in [0.1, 0.15) is 0 Å². The summed E-state index contributed by atoms with van der Waals surface area (Å²) >= 11 is 0. The molecule has 1 aliphatic heterocycles. The number of hydrogen-bond donors (Lipinski definition) is 3. The van der Waals surface area contributed by atoms with Gasteiger partial charge in [-0.2, -0.15) is 0 Å². The van der Waals surface area contributed by atoms with Crippen LogP contribution < -0.4 is 16.4 Å². The van der Waals surface area contributed by atoms with Crippen LogP contribution in [0, 0.1) is 0 Å². The fraction of sp³-hybridized carbons (Fsp3) is 0.500. The lowest BCUT2D eigenvalue weighted by Gasteiger charge is -2.16. The quantitative estimate of drug-likeness (QED) is 0.586. The minimum atomic E-state index is -0.0203. The Balaban J connectivity index is 1.55. The summed E-state index contributed by atoms with van der Waals surface area (Å²) in [5.41, 5.74) is 7.66. The first-order valence-corrected chi connectivity index (χ1v) is 7.92. The number of anilines is 1. The van der Waals surface area contributed by atoms with Crippen molar-refractivity contribution in [3.8, 4) is 0 Å². The molecule has 4 N–H and O–H groups in total. The maximum absolute atomic E-state index is 12.1. The Kier molecular flexibility index (Phi) is 4.46. The van der Waals surface area contributed by atoms with Gasteiger partial charge in [0.2, 0.25) is 0 Å². The third kappa shape index (κ3) is 4.13. The van der Waals surface area contributed by atoms with E-state index in [9.17, 15) is 4.79 Å². The van der Waals surface area contributed by atoms with Crippen LogP contribution in [0.4, 0.5) is 10.5 Å². The lowest BCUT2D eigenvalue weighted by atomic mass is 10.2. The van der Waals surface area contributed by atoms with Crippen molar-refractivity contribution in [3.63, 3.8) is 0 Å². The van der Waals surface area contributed by atoms with Gasteiger partial charge in [-0.25, -0.2) is 9.79 Å². The van der Waals surface area contributed by atoms with Gasteiger partial charge in [-0.1, -0.05) is 12.1 Å². The first kappa shape index (κ1) is 14.7. The Hall–Kier alpha value is -2.24. The molecule has 0 aromatic heterocycles. The maximum atomic E-state index is 12.1. The number of carbonyl (C=O) groups is 1. The van der Waals surface area contributed by atoms with Gasteiger partial charge in [-0.05, 0) is 43.4 Å². The van der Waals surface area contributed by atoms with Gasteiger partial charge in [-0.15, -0.1) is 0 Å². The Morgan fingerprint density at radius 1 is 1.32 bits per heavy atom. The predicted molar refractivity (Wildman–Crippen MR) is 87.8 cm³/mol. The molecule has 1 saturated carbocycles. The number of hydrogen-bond acceptors (Lipinski definition) is 2. The van der Waals surface area contributed by atoms with Crippen LogP contribution >= 0.6 is 0 Å². The molecule has 2 amide bonds. The third-order valence-corrected chi connectivity index (χ3v) is 3.93. The SMILES string of the molecule is NC(=NCc1cccc(NC(=O)N2CCCC2)c1)NC1CC1. The fourth-order valence-electron chi connectivity index (χ4n) is 2.53. The summed E-state index contributed by atoms with van der Waals surface area (Å²) < 4.78 is 0. The highest BCUT2D eigenvalue weighted by Crippen LogP contribution is 2.18. The lowest BCUT2D eigenvalue weighted by molar-refractivity contribution is 0.222. The zero-order valence-electron chi connectivity index (χ0n) is 12.7. The number of carbonyl (C=O) groups excluding carboxylic acids is 1. The molecule has 1 aromatic carbocycles. The van der Waals surface area contributed by atoms with Crippen LogP contribution in [0.15, 0.2) is 29.3 Å². The average Bonchev–Trinajstić information content (AvgIpc) is 3.15. The van der Waals surface area contributed by atoms with Crippen molar-refractivity contribution in [2.75, 3.05) is 18.4 Å². The molecule has 0 bridgehead atoms. The van der Waals surface area contributed by atoms with Gasteiger partial charge in [0.15, 0.2) is 5.96 Å². The van der Waals surface area contributed by atoms with Crippen molar-refractivity contribution >= 4 is 17.7 Å². The third-order valence-electron chi connectivity index (χ3n) is 3.93. The Morgan fingerprint density at radius 2 is 2.09 bits per heavy atom. The number of nitrogens with one attached hydrogen (secondary N) is 2. The fourth-order valence-corrected chi connectivity index (χ4v) is 2.53. The largest absolute Gasteiger partial charge is 0.370 e. The number of amides is 2. The van der Waals surface area contributed by atoms with Crippen molar-refractivity contribution < 1.29 is 4.79 Å². The molecule has 1 saturated heterocycles. The van der Waals surface area contributed by atoms with Crippen LogP contribution in [0.2, 0.25) is 0 Å². The molecule has 0 spiro atoms. The highest BCUT2D eigenvalue weighted by atomic mass is 16.2. The van der Waals surface area contributed by atoms with Crippen molar-refractivity contribution in [3.05, 3.63) is 29.8 Å². The molecule has 6 nitrogen and oxygen atoms in total. The number of guanidine groups is 1. The van der Waals surface area contributed by atoms with Crippen molar-refractivity contribution in [2.24, 2.45) is 10.7 Å². The molecule has 2 fully saturated rings. The molecule has 118 valence electrons. The number of benzene rings is 1. The highest BCUT2D eigenvalue weighted by Gasteiger charge is 2.21. The molecule has 2 aliphatic rings. The molecular formula is C16H23N5O. The van der Waals surface area contributed by atoms with Gasteiger partial charge in [-0.3, -0.25) is 0 Å². The van der Waals surface area contributed by atoms with Crippen LogP contribution in [-0.2, 0) is 6.54 Å². The van der Waals surface area contributed by atoms with Gasteiger partial charge < -0.3 is 21.3 Å². The Bertz CT molecular complexity index is 561. The van der Waals surface area contributed by atoms with Crippen LogP contribution in [0.5, 0.6) is 0 Å². The van der Waals surface area contributed by atoms with E-state index in [1.807, 2.05) is 29.2 Å². The molecule has 1 heterocycles. The highest BCUT2D eigenvalue weighted by molar-refractivity contribution is 5.89. The molecule has 0 unspecified atom stereocenters. The molecule has 0 radical (unpaired) electrons. The minimum Gasteiger partial charge on any atom is -0.370 e. The first-order chi connectivity index (χ1) is 10.7. The molecular weight excluding hydrogens is 278 g/mol. The van der Waals surface area contributed by atoms with E-state index in [1.165, 1.54) is 12.8 Å². The summed E-state index contributed by atoms with van der Waals surface area (Å²) in [6.45, 7) is 2.21. The zero-order chi connectivity index (χ0) is 15.4. The summed E-state index contributed by atoms with van der Waals surface area (Å²) in [5.74, 6) is 0.494. The maximum Gasteiger partial charge on any atom is 0.321 e. The number of nitrogens with two attached hydrogens (primary N) is 1. The Morgan fingerprint density at radius 3 is 2.82 bits per heavy atom. The average molecular weight is 301 g/mol. The second-order valence-electron chi connectivity index (χ2n) is 5.94. The van der Waals surface area contributed by atoms with E-state index in [4.69, 9.17) is 5.73 Å². The molecule has 0 atom stereocenters. The summed E-state index contributed by atoms with van der Waals surface area (Å²) in [6, 6.07) is 8.24. The van der Waals surface area contributed by atoms with Gasteiger partial charge >= 0.3 is 6.03 Å². The smallest absolute Gasteiger partial charge is 0.321 e. The van der Waals surface area contributed by atoms with E-state index in [1.54, 1.807) is 0 Å². The van der Waals surface area contributed by atoms with Crippen molar-refractivity contribution in [2.45, 2.75) is 38.3 Å². The second-order valence-corrected chi connectivity index (χ2v) is 5.94. The molecule has 3 rings (SSSR count). The minimum absolute atomic E-state index is 0.0203. The standard InChI is InChI=1S/C16H23N5O/c17-15(19-13-6-7-13)18-11-12-4-3-5-14(10-12)20-16(22)21-8-1-2-9-21/h3-5,10,13H,1-2,6-9,11H2,(H,20,22)(H3,17,18,19). The van der Waals surface area contributed by atoms with Crippen LogP contribution in [0.3, 0.4) is 0 Å². The van der Waals surface area contributed by atoms with Crippen LogP contribution in [0.25, 0.3) is 0 Å². The number of rotatable bonds is 4. The molecule has 1 aliphatic carbocycles. The van der Waals surface area contributed by atoms with Gasteiger partial charge in [0.05, 0.1) is 6.54 Å². The van der Waals surface area contributed by atoms with E-state index >= 15 is 0 Å². The summed E-state index contributed by atoms with van der Waals surface area (Å²) in [6.07, 6.45) is 4.54. The Labute approximate surface area is 130 Å². The van der Waals surface area contributed by atoms with Crippen molar-refractivity contribution in [1.82, 2.24) is 10.2 Å². The zero-order valence-corrected chi connectivity index (χ0v) is 12.7. The van der Waals surface area contributed by atoms with Gasteiger partial charge in [0.25, 0.3) is 0 Å². The normalized spacial score (nSPS) is 18.4. The van der Waals surface area contributed by atoms with E-state index in [0.717, 1.165) is 37.2 Å². The lowest BCUT2D eigenvalue weighted by Crippen LogP contribution is -2.33. The monoisotopic (exact) mass is 301 g/mol. The topological polar surface area (TPSA) is 82.7 Å². The van der Waals surface area contributed by atoms with Crippen LogP contribution in [-0.4, -0.2) is 36.0 Å². The van der Waals surface area contributed by atoms with E-state index in [0.29, 0.717) is 18.5 Å². The summed E-state index contributed by atoms with van der Waals surface area (Å²) in [7, 11) is 0. The molecule has 6 heteroatoms. The molecule has 1 aromatic rings.